The molecule has 2 amide bonds. The van der Waals surface area contributed by atoms with Crippen LogP contribution in [0.3, 0.4) is 0 Å². The number of amides is 2. The third kappa shape index (κ3) is 7.41. The molecule has 0 fully saturated rings. The molecule has 4 rings (SSSR count). The van der Waals surface area contributed by atoms with E-state index in [1.165, 1.54) is 0 Å². The zero-order valence-corrected chi connectivity index (χ0v) is 20.8. The topological polar surface area (TPSA) is 124 Å². The van der Waals surface area contributed by atoms with Crippen molar-refractivity contribution in [3.05, 3.63) is 89.2 Å². The molecule has 1 aromatic heterocycles. The number of carbonyl (C=O) groups is 3. The molecular weight excluding hydrogens is 492 g/mol. The van der Waals surface area contributed by atoms with Gasteiger partial charge in [0, 0.05) is 17.9 Å². The van der Waals surface area contributed by atoms with E-state index in [4.69, 9.17) is 11.6 Å². The average Bonchev–Trinajstić information content (AvgIpc) is 3.30. The molecule has 0 aliphatic rings. The molecular formula is C28H27ClN4O4. The van der Waals surface area contributed by atoms with Crippen LogP contribution in [0.5, 0.6) is 0 Å². The van der Waals surface area contributed by atoms with Crippen molar-refractivity contribution >= 4 is 40.4 Å². The number of H-pyrrole nitrogens is 1. The molecule has 37 heavy (non-hydrogen) atoms. The monoisotopic (exact) mass is 518 g/mol. The molecule has 0 saturated heterocycles. The third-order valence-electron chi connectivity index (χ3n) is 5.91. The molecule has 0 radical (unpaired) electrons. The number of aromatic nitrogens is 2. The number of benzene rings is 3. The average molecular weight is 519 g/mol. The van der Waals surface area contributed by atoms with Crippen molar-refractivity contribution < 1.29 is 19.5 Å². The Balaban J connectivity index is 1.26. The Labute approximate surface area is 219 Å². The summed E-state index contributed by atoms with van der Waals surface area (Å²) in [6, 6.07) is 21.7. The van der Waals surface area contributed by atoms with Crippen molar-refractivity contribution in [2.45, 2.75) is 31.7 Å². The van der Waals surface area contributed by atoms with Crippen LogP contribution in [0.1, 0.15) is 36.7 Å². The molecule has 1 unspecified atom stereocenters. The quantitative estimate of drug-likeness (QED) is 0.230. The number of carboxylic acid groups (broad SMARTS) is 1. The number of nitrogens with one attached hydrogen (secondary N) is 3. The minimum absolute atomic E-state index is 0.234. The molecule has 4 aromatic rings. The predicted octanol–water partition coefficient (Wildman–Crippen LogP) is 4.65. The maximum atomic E-state index is 12.5. The van der Waals surface area contributed by atoms with Gasteiger partial charge in [0.25, 0.3) is 0 Å². The summed E-state index contributed by atoms with van der Waals surface area (Å²) in [5, 5.41) is 15.3. The number of imidazole rings is 1. The lowest BCUT2D eigenvalue weighted by Crippen LogP contribution is -2.39. The van der Waals surface area contributed by atoms with Gasteiger partial charge in [-0.15, -0.1) is 0 Å². The maximum Gasteiger partial charge on any atom is 0.305 e. The van der Waals surface area contributed by atoms with Gasteiger partial charge < -0.3 is 20.7 Å². The second-order valence-corrected chi connectivity index (χ2v) is 9.11. The first-order chi connectivity index (χ1) is 17.9. The first kappa shape index (κ1) is 25.9. The second kappa shape index (κ2) is 12.2. The van der Waals surface area contributed by atoms with Gasteiger partial charge in [-0.05, 0) is 47.4 Å². The number of aryl methyl sites for hydroxylation is 1. The van der Waals surface area contributed by atoms with E-state index in [-0.39, 0.29) is 25.3 Å². The van der Waals surface area contributed by atoms with E-state index in [0.29, 0.717) is 23.4 Å². The first-order valence-electron chi connectivity index (χ1n) is 11.9. The number of rotatable bonds is 11. The summed E-state index contributed by atoms with van der Waals surface area (Å²) in [5.74, 6) is -0.945. The number of para-hydroxylation sites is 2. The van der Waals surface area contributed by atoms with Gasteiger partial charge in [-0.3, -0.25) is 14.4 Å². The van der Waals surface area contributed by atoms with E-state index < -0.39 is 17.9 Å². The van der Waals surface area contributed by atoms with Crippen LogP contribution in [0, 0.1) is 0 Å². The number of nitrogens with zero attached hydrogens (tertiary/aromatic N) is 1. The van der Waals surface area contributed by atoms with Crippen LogP contribution >= 0.6 is 11.6 Å². The van der Waals surface area contributed by atoms with Gasteiger partial charge in [0.1, 0.15) is 5.82 Å². The minimum atomic E-state index is -1.04. The lowest BCUT2D eigenvalue weighted by Gasteiger charge is -2.18. The van der Waals surface area contributed by atoms with Gasteiger partial charge in [0.2, 0.25) is 11.8 Å². The molecule has 1 heterocycles. The van der Waals surface area contributed by atoms with Crippen LogP contribution in [0.4, 0.5) is 0 Å². The fourth-order valence-electron chi connectivity index (χ4n) is 4.03. The van der Waals surface area contributed by atoms with Crippen molar-refractivity contribution in [2.24, 2.45) is 0 Å². The summed E-state index contributed by atoms with van der Waals surface area (Å²) in [6.07, 6.45) is 1.16. The van der Waals surface area contributed by atoms with Crippen molar-refractivity contribution in [1.82, 2.24) is 20.6 Å². The smallest absolute Gasteiger partial charge is 0.305 e. The fraction of sp³-hybridized carbons (Fsp3) is 0.214. The molecule has 0 saturated carbocycles. The van der Waals surface area contributed by atoms with Gasteiger partial charge in [-0.25, -0.2) is 4.98 Å². The van der Waals surface area contributed by atoms with Crippen LogP contribution < -0.4 is 10.6 Å². The number of hydrogen-bond donors (Lipinski definition) is 4. The zero-order valence-electron chi connectivity index (χ0n) is 20.0. The lowest BCUT2D eigenvalue weighted by atomic mass is 9.99. The summed E-state index contributed by atoms with van der Waals surface area (Å²) >= 11 is 5.95. The summed E-state index contributed by atoms with van der Waals surface area (Å²) in [5.41, 5.74) is 4.41. The third-order valence-corrected chi connectivity index (χ3v) is 6.16. The van der Waals surface area contributed by atoms with Crippen molar-refractivity contribution in [1.29, 1.82) is 0 Å². The highest BCUT2D eigenvalue weighted by molar-refractivity contribution is 6.30. The van der Waals surface area contributed by atoms with E-state index in [0.717, 1.165) is 28.0 Å². The van der Waals surface area contributed by atoms with Gasteiger partial charge in [0.05, 0.1) is 30.0 Å². The predicted molar refractivity (Wildman–Crippen MR) is 142 cm³/mol. The van der Waals surface area contributed by atoms with E-state index in [1.54, 1.807) is 24.3 Å². The normalized spacial score (nSPS) is 11.7. The second-order valence-electron chi connectivity index (χ2n) is 8.68. The highest BCUT2D eigenvalue weighted by Crippen LogP contribution is 2.25. The van der Waals surface area contributed by atoms with Gasteiger partial charge >= 0.3 is 5.97 Å². The standard InChI is InChI=1S/C28H27ClN4O4/c29-21-14-12-19(13-15-21)18-8-10-20(11-9-18)24(16-28(36)37)33-27(35)17-30-26(34)7-3-6-25-31-22-4-1-2-5-23(22)32-25/h1-2,4-5,8-15,24H,3,6-7,16-17H2,(H,30,34)(H,31,32)(H,33,35)(H,36,37). The van der Waals surface area contributed by atoms with E-state index in [1.807, 2.05) is 48.5 Å². The molecule has 0 bridgehead atoms. The number of halogens is 1. The number of fused-ring (bicyclic) bond motifs is 1. The number of carboxylic acids is 1. The minimum Gasteiger partial charge on any atom is -0.481 e. The van der Waals surface area contributed by atoms with Gasteiger partial charge in [-0.1, -0.05) is 60.1 Å². The van der Waals surface area contributed by atoms with Crippen LogP contribution in [0.15, 0.2) is 72.8 Å². The Morgan fingerprint density at radius 3 is 2.27 bits per heavy atom. The van der Waals surface area contributed by atoms with Crippen molar-refractivity contribution in [3.8, 4) is 11.1 Å². The highest BCUT2D eigenvalue weighted by Gasteiger charge is 2.19. The van der Waals surface area contributed by atoms with Crippen LogP contribution in [-0.4, -0.2) is 39.4 Å². The molecule has 0 aliphatic carbocycles. The van der Waals surface area contributed by atoms with E-state index in [9.17, 15) is 19.5 Å². The SMILES string of the molecule is O=C(O)CC(NC(=O)CNC(=O)CCCc1nc2ccccc2[nH]1)c1ccc(-c2ccc(Cl)cc2)cc1. The molecule has 1 atom stereocenters. The number of aromatic amines is 1. The summed E-state index contributed by atoms with van der Waals surface area (Å²) in [7, 11) is 0. The van der Waals surface area contributed by atoms with Crippen LogP contribution in [0.2, 0.25) is 5.02 Å². The fourth-order valence-corrected chi connectivity index (χ4v) is 4.16. The molecule has 0 spiro atoms. The van der Waals surface area contributed by atoms with Crippen molar-refractivity contribution in [2.75, 3.05) is 6.54 Å². The summed E-state index contributed by atoms with van der Waals surface area (Å²) in [6.45, 7) is -0.234. The molecule has 9 heteroatoms. The number of aliphatic carboxylic acids is 1. The Morgan fingerprint density at radius 1 is 0.919 bits per heavy atom. The molecule has 0 aliphatic heterocycles. The molecule has 4 N–H and O–H groups in total. The number of hydrogen-bond acceptors (Lipinski definition) is 4. The zero-order chi connectivity index (χ0) is 26.2. The highest BCUT2D eigenvalue weighted by atomic mass is 35.5. The summed E-state index contributed by atoms with van der Waals surface area (Å²) < 4.78 is 0. The molecule has 190 valence electrons. The Bertz CT molecular complexity index is 1350. The first-order valence-corrected chi connectivity index (χ1v) is 12.3. The van der Waals surface area contributed by atoms with Crippen molar-refractivity contribution in [3.63, 3.8) is 0 Å². The maximum absolute atomic E-state index is 12.5. The molecule has 8 nitrogen and oxygen atoms in total. The van der Waals surface area contributed by atoms with Gasteiger partial charge in [0.15, 0.2) is 0 Å². The Kier molecular flexibility index (Phi) is 8.53. The molecule has 3 aromatic carbocycles. The van der Waals surface area contributed by atoms with Gasteiger partial charge in [-0.2, -0.15) is 0 Å². The Hall–Kier alpha value is -4.17. The lowest BCUT2D eigenvalue weighted by molar-refractivity contribution is -0.138. The largest absolute Gasteiger partial charge is 0.481 e. The summed E-state index contributed by atoms with van der Waals surface area (Å²) in [4.78, 5) is 43.8. The van der Waals surface area contributed by atoms with Crippen LogP contribution in [-0.2, 0) is 20.8 Å². The van der Waals surface area contributed by atoms with Crippen LogP contribution in [0.25, 0.3) is 22.2 Å². The van der Waals surface area contributed by atoms with E-state index >= 15 is 0 Å². The van der Waals surface area contributed by atoms with E-state index in [2.05, 4.69) is 20.6 Å². The number of carbonyl (C=O) groups excluding carboxylic acids is 2. The Morgan fingerprint density at radius 2 is 1.59 bits per heavy atom.